The average molecular weight is 323 g/mol. The van der Waals surface area contributed by atoms with Gasteiger partial charge in [0.1, 0.15) is 19.0 Å². The highest BCUT2D eigenvalue weighted by atomic mass is 16.6. The first-order valence-electron chi connectivity index (χ1n) is 8.38. The van der Waals surface area contributed by atoms with Gasteiger partial charge in [0, 0.05) is 30.8 Å². The van der Waals surface area contributed by atoms with Crippen LogP contribution in [-0.2, 0) is 13.0 Å². The van der Waals surface area contributed by atoms with Gasteiger partial charge in [0.05, 0.1) is 11.0 Å². The normalized spacial score (nSPS) is 13.4. The number of imidazole rings is 1. The fraction of sp³-hybridized carbons (Fsp3) is 0.316. The number of hydrogen-bond donors (Lipinski definition) is 1. The van der Waals surface area contributed by atoms with E-state index in [-0.39, 0.29) is 0 Å². The summed E-state index contributed by atoms with van der Waals surface area (Å²) >= 11 is 0. The zero-order chi connectivity index (χ0) is 16.5. The van der Waals surface area contributed by atoms with Crippen LogP contribution >= 0.6 is 0 Å². The number of nitrogens with two attached hydrogens (primary N) is 1. The Morgan fingerprint density at radius 3 is 2.50 bits per heavy atom. The Labute approximate surface area is 141 Å². The minimum absolute atomic E-state index is 0.590. The predicted molar refractivity (Wildman–Crippen MR) is 94.7 cm³/mol. The third-order valence-electron chi connectivity index (χ3n) is 4.29. The van der Waals surface area contributed by atoms with Crippen molar-refractivity contribution in [1.82, 2.24) is 9.55 Å². The van der Waals surface area contributed by atoms with Gasteiger partial charge in [0.2, 0.25) is 0 Å². The number of fused-ring (bicyclic) bond motifs is 2. The summed E-state index contributed by atoms with van der Waals surface area (Å²) in [6.07, 6.45) is 1.99. The van der Waals surface area contributed by atoms with Gasteiger partial charge in [-0.2, -0.15) is 0 Å². The number of rotatable bonds is 4. The lowest BCUT2D eigenvalue weighted by molar-refractivity contribution is 0.172. The number of hydrogen-bond acceptors (Lipinski definition) is 4. The van der Waals surface area contributed by atoms with Crippen molar-refractivity contribution in [2.45, 2.75) is 26.3 Å². The molecule has 2 aromatic carbocycles. The maximum atomic E-state index is 5.79. The van der Waals surface area contributed by atoms with Crippen LogP contribution < -0.4 is 15.2 Å². The van der Waals surface area contributed by atoms with Gasteiger partial charge in [-0.3, -0.25) is 0 Å². The van der Waals surface area contributed by atoms with Crippen molar-refractivity contribution in [3.05, 3.63) is 47.8 Å². The van der Waals surface area contributed by atoms with Crippen LogP contribution in [0.1, 0.15) is 24.7 Å². The van der Waals surface area contributed by atoms with Crippen LogP contribution in [0.4, 0.5) is 5.69 Å². The molecule has 2 heterocycles. The molecule has 0 aliphatic carbocycles. The molecule has 0 saturated carbocycles. The van der Waals surface area contributed by atoms with E-state index in [0.717, 1.165) is 53.4 Å². The molecular weight excluding hydrogens is 302 g/mol. The molecule has 0 unspecified atom stereocenters. The van der Waals surface area contributed by atoms with Gasteiger partial charge in [0.25, 0.3) is 0 Å². The number of aromatic nitrogens is 2. The van der Waals surface area contributed by atoms with Gasteiger partial charge >= 0.3 is 0 Å². The second-order valence-corrected chi connectivity index (χ2v) is 6.09. The standard InChI is InChI=1S/C19H21N3O2/c1-2-3-19-21-15-10-17-18(24-9-8-23-17)11-16(15)22(19)12-13-4-6-14(20)7-5-13/h4-7,10-11H,2-3,8-9,12,20H2,1H3. The number of benzene rings is 2. The largest absolute Gasteiger partial charge is 0.486 e. The number of ether oxygens (including phenoxy) is 2. The van der Waals surface area contributed by atoms with Crippen LogP contribution in [-0.4, -0.2) is 22.8 Å². The average Bonchev–Trinajstić information content (AvgIpc) is 2.92. The smallest absolute Gasteiger partial charge is 0.163 e. The molecule has 1 aromatic heterocycles. The lowest BCUT2D eigenvalue weighted by Gasteiger charge is -2.18. The van der Waals surface area contributed by atoms with E-state index in [2.05, 4.69) is 23.6 Å². The lowest BCUT2D eigenvalue weighted by Crippen LogP contribution is -2.15. The van der Waals surface area contributed by atoms with E-state index in [0.29, 0.717) is 13.2 Å². The molecule has 1 aliphatic heterocycles. The molecule has 0 radical (unpaired) electrons. The lowest BCUT2D eigenvalue weighted by atomic mass is 10.2. The zero-order valence-electron chi connectivity index (χ0n) is 13.8. The summed E-state index contributed by atoms with van der Waals surface area (Å²) in [6.45, 7) is 4.12. The van der Waals surface area contributed by atoms with Crippen molar-refractivity contribution in [3.8, 4) is 11.5 Å². The van der Waals surface area contributed by atoms with Crippen LogP contribution in [0.15, 0.2) is 36.4 Å². The van der Waals surface area contributed by atoms with E-state index in [9.17, 15) is 0 Å². The summed E-state index contributed by atoms with van der Waals surface area (Å²) in [5.74, 6) is 2.68. The molecule has 5 nitrogen and oxygen atoms in total. The highest BCUT2D eigenvalue weighted by Crippen LogP contribution is 2.35. The van der Waals surface area contributed by atoms with E-state index < -0.39 is 0 Å². The Kier molecular flexibility index (Phi) is 3.76. The first kappa shape index (κ1) is 14.9. The summed E-state index contributed by atoms with van der Waals surface area (Å²) < 4.78 is 13.7. The van der Waals surface area contributed by atoms with Crippen molar-refractivity contribution in [3.63, 3.8) is 0 Å². The Balaban J connectivity index is 1.81. The minimum atomic E-state index is 0.590. The maximum Gasteiger partial charge on any atom is 0.163 e. The van der Waals surface area contributed by atoms with E-state index >= 15 is 0 Å². The number of anilines is 1. The number of aryl methyl sites for hydroxylation is 1. The van der Waals surface area contributed by atoms with Crippen molar-refractivity contribution < 1.29 is 9.47 Å². The Morgan fingerprint density at radius 1 is 1.08 bits per heavy atom. The van der Waals surface area contributed by atoms with Crippen LogP contribution in [0.25, 0.3) is 11.0 Å². The predicted octanol–water partition coefficient (Wildman–Crippen LogP) is 3.39. The highest BCUT2D eigenvalue weighted by molar-refractivity contribution is 5.81. The second-order valence-electron chi connectivity index (χ2n) is 6.09. The first-order valence-corrected chi connectivity index (χ1v) is 8.38. The Hall–Kier alpha value is -2.69. The van der Waals surface area contributed by atoms with Crippen LogP contribution in [0, 0.1) is 0 Å². The monoisotopic (exact) mass is 323 g/mol. The second kappa shape index (κ2) is 6.07. The molecule has 0 bridgehead atoms. The molecule has 24 heavy (non-hydrogen) atoms. The molecule has 3 aromatic rings. The van der Waals surface area contributed by atoms with Gasteiger partial charge in [-0.1, -0.05) is 19.1 Å². The molecule has 0 amide bonds. The van der Waals surface area contributed by atoms with Crippen LogP contribution in [0.2, 0.25) is 0 Å². The van der Waals surface area contributed by atoms with Crippen molar-refractivity contribution in [1.29, 1.82) is 0 Å². The van der Waals surface area contributed by atoms with Crippen LogP contribution in [0.5, 0.6) is 11.5 Å². The Bertz CT molecular complexity index is 868. The van der Waals surface area contributed by atoms with Crippen LogP contribution in [0.3, 0.4) is 0 Å². The van der Waals surface area contributed by atoms with Crippen molar-refractivity contribution >= 4 is 16.7 Å². The van der Waals surface area contributed by atoms with Gasteiger partial charge in [-0.15, -0.1) is 0 Å². The van der Waals surface area contributed by atoms with E-state index in [1.54, 1.807) is 0 Å². The third-order valence-corrected chi connectivity index (χ3v) is 4.29. The molecule has 4 rings (SSSR count). The number of nitrogens with zero attached hydrogens (tertiary/aromatic N) is 2. The summed E-state index contributed by atoms with van der Waals surface area (Å²) in [7, 11) is 0. The molecule has 5 heteroatoms. The van der Waals surface area contributed by atoms with E-state index in [1.807, 2.05) is 24.3 Å². The molecular formula is C19H21N3O2. The summed E-state index contributed by atoms with van der Waals surface area (Å²) in [6, 6.07) is 12.0. The molecule has 1 aliphatic rings. The zero-order valence-corrected chi connectivity index (χ0v) is 13.8. The first-order chi connectivity index (χ1) is 11.7. The molecule has 2 N–H and O–H groups in total. The van der Waals surface area contributed by atoms with E-state index in [1.165, 1.54) is 5.56 Å². The topological polar surface area (TPSA) is 62.3 Å². The minimum Gasteiger partial charge on any atom is -0.486 e. The maximum absolute atomic E-state index is 5.79. The molecule has 0 fully saturated rings. The van der Waals surface area contributed by atoms with Gasteiger partial charge in [-0.05, 0) is 24.1 Å². The molecule has 124 valence electrons. The number of nitrogen functional groups attached to an aromatic ring is 1. The van der Waals surface area contributed by atoms with Crippen molar-refractivity contribution in [2.24, 2.45) is 0 Å². The molecule has 0 saturated heterocycles. The summed E-state index contributed by atoms with van der Waals surface area (Å²) in [5.41, 5.74) is 9.82. The third kappa shape index (κ3) is 2.66. The molecule has 0 spiro atoms. The summed E-state index contributed by atoms with van der Waals surface area (Å²) in [5, 5.41) is 0. The van der Waals surface area contributed by atoms with Gasteiger partial charge in [0.15, 0.2) is 11.5 Å². The molecule has 0 atom stereocenters. The fourth-order valence-electron chi connectivity index (χ4n) is 3.11. The quantitative estimate of drug-likeness (QED) is 0.748. The van der Waals surface area contributed by atoms with Crippen molar-refractivity contribution in [2.75, 3.05) is 18.9 Å². The summed E-state index contributed by atoms with van der Waals surface area (Å²) in [4.78, 5) is 4.83. The van der Waals surface area contributed by atoms with Gasteiger partial charge in [-0.25, -0.2) is 4.98 Å². The SMILES string of the molecule is CCCc1nc2cc3c(cc2n1Cc1ccc(N)cc1)OCCO3. The fourth-order valence-corrected chi connectivity index (χ4v) is 3.11. The van der Waals surface area contributed by atoms with E-state index in [4.69, 9.17) is 20.2 Å². The van der Waals surface area contributed by atoms with Gasteiger partial charge < -0.3 is 19.8 Å². The Morgan fingerprint density at radius 2 is 1.79 bits per heavy atom. The highest BCUT2D eigenvalue weighted by Gasteiger charge is 2.18.